The molecule has 4 nitrogen and oxygen atoms in total. The highest BCUT2D eigenvalue weighted by Gasteiger charge is 2.39. The van der Waals surface area contributed by atoms with Crippen molar-refractivity contribution in [1.82, 2.24) is 0 Å². The van der Waals surface area contributed by atoms with Crippen molar-refractivity contribution in [2.75, 3.05) is 7.11 Å². The molecule has 0 fully saturated rings. The van der Waals surface area contributed by atoms with Crippen LogP contribution in [0.5, 0.6) is 5.75 Å². The normalized spacial score (nSPS) is 13.2. The van der Waals surface area contributed by atoms with Gasteiger partial charge < -0.3 is 15.6 Å². The molecule has 0 radical (unpaired) electrons. The van der Waals surface area contributed by atoms with Gasteiger partial charge in [0.1, 0.15) is 0 Å². The Hall–Kier alpha value is -1.14. The smallest absolute Gasteiger partial charge is 0.313 e. The summed E-state index contributed by atoms with van der Waals surface area (Å²) in [6, 6.07) is 1.63. The monoisotopic (exact) mass is 319 g/mol. The van der Waals surface area contributed by atoms with Crippen LogP contribution < -0.4 is 5.73 Å². The zero-order chi connectivity index (χ0) is 14.1. The van der Waals surface area contributed by atoms with Crippen molar-refractivity contribution in [1.29, 1.82) is 0 Å². The van der Waals surface area contributed by atoms with Crippen molar-refractivity contribution >= 4 is 21.9 Å². The lowest BCUT2D eigenvalue weighted by molar-refractivity contribution is -0.152. The third-order valence-corrected chi connectivity index (χ3v) is 3.61. The fourth-order valence-electron chi connectivity index (χ4n) is 1.60. The summed E-state index contributed by atoms with van der Waals surface area (Å²) in [4.78, 5) is 11.7. The highest BCUT2D eigenvalue weighted by molar-refractivity contribution is 9.10. The Morgan fingerprint density at radius 1 is 1.56 bits per heavy atom. The molecule has 0 heterocycles. The number of ether oxygens (including phenoxy) is 1. The molecule has 0 spiro atoms. The average molecular weight is 320 g/mol. The topological polar surface area (TPSA) is 72.5 Å². The van der Waals surface area contributed by atoms with Gasteiger partial charge in [0, 0.05) is 10.0 Å². The maximum absolute atomic E-state index is 13.3. The molecular formula is C12H15BrFNO3. The summed E-state index contributed by atoms with van der Waals surface area (Å²) >= 11 is 3.19. The number of phenols is 1. The lowest BCUT2D eigenvalue weighted by Gasteiger charge is -2.30. The van der Waals surface area contributed by atoms with Gasteiger partial charge in [0.25, 0.3) is 0 Å². The van der Waals surface area contributed by atoms with E-state index in [1.807, 2.05) is 0 Å². The first kappa shape index (κ1) is 14.9. The molecular weight excluding hydrogens is 305 g/mol. The molecule has 0 saturated heterocycles. The summed E-state index contributed by atoms with van der Waals surface area (Å²) in [6.07, 6.45) is 0. The Morgan fingerprint density at radius 2 is 2.11 bits per heavy atom. The van der Waals surface area contributed by atoms with Gasteiger partial charge in [-0.3, -0.25) is 4.79 Å². The zero-order valence-electron chi connectivity index (χ0n) is 10.3. The first-order chi connectivity index (χ1) is 8.23. The number of esters is 1. The van der Waals surface area contributed by atoms with Crippen molar-refractivity contribution in [2.24, 2.45) is 11.1 Å². The predicted octanol–water partition coefficient (Wildman–Crippen LogP) is 2.49. The van der Waals surface area contributed by atoms with Gasteiger partial charge in [-0.2, -0.15) is 0 Å². The molecule has 3 N–H and O–H groups in total. The van der Waals surface area contributed by atoms with Crippen molar-refractivity contribution in [3.8, 4) is 5.75 Å². The minimum atomic E-state index is -1.09. The van der Waals surface area contributed by atoms with E-state index in [2.05, 4.69) is 20.7 Å². The summed E-state index contributed by atoms with van der Waals surface area (Å²) < 4.78 is 18.4. The highest BCUT2D eigenvalue weighted by atomic mass is 79.9. The maximum Gasteiger partial charge on any atom is 0.313 e. The second-order valence-corrected chi connectivity index (χ2v) is 5.34. The van der Waals surface area contributed by atoms with E-state index in [9.17, 15) is 14.3 Å². The van der Waals surface area contributed by atoms with Gasteiger partial charge in [-0.1, -0.05) is 15.9 Å². The number of phenolic OH excluding ortho intramolecular Hbond substituents is 1. The van der Waals surface area contributed by atoms with Crippen molar-refractivity contribution in [3.05, 3.63) is 28.0 Å². The lowest BCUT2D eigenvalue weighted by Crippen LogP contribution is -2.37. The van der Waals surface area contributed by atoms with E-state index >= 15 is 0 Å². The number of carbonyl (C=O) groups is 1. The largest absolute Gasteiger partial charge is 0.505 e. The first-order valence-corrected chi connectivity index (χ1v) is 6.03. The number of methoxy groups -OCH3 is 1. The number of halogens is 2. The van der Waals surface area contributed by atoms with Crippen LogP contribution in [0.4, 0.5) is 4.39 Å². The molecule has 1 aromatic rings. The zero-order valence-corrected chi connectivity index (χ0v) is 11.9. The quantitative estimate of drug-likeness (QED) is 0.839. The van der Waals surface area contributed by atoms with Gasteiger partial charge in [0.05, 0.1) is 18.6 Å². The van der Waals surface area contributed by atoms with E-state index in [4.69, 9.17) is 5.73 Å². The molecule has 0 aromatic heterocycles. The van der Waals surface area contributed by atoms with Crippen LogP contribution in [-0.2, 0) is 9.53 Å². The number of carbonyl (C=O) groups excluding carboxylic acids is 1. The molecule has 100 valence electrons. The third-order valence-electron chi connectivity index (χ3n) is 2.91. The molecule has 18 heavy (non-hydrogen) atoms. The average Bonchev–Trinajstić information content (AvgIpc) is 2.33. The van der Waals surface area contributed by atoms with Crippen LogP contribution in [0.15, 0.2) is 16.6 Å². The van der Waals surface area contributed by atoms with Crippen molar-refractivity contribution < 1.29 is 19.0 Å². The molecule has 6 heteroatoms. The van der Waals surface area contributed by atoms with Gasteiger partial charge in [0.15, 0.2) is 11.6 Å². The van der Waals surface area contributed by atoms with E-state index in [1.54, 1.807) is 13.8 Å². The molecule has 0 aliphatic rings. The van der Waals surface area contributed by atoms with Gasteiger partial charge in [0.2, 0.25) is 0 Å². The van der Waals surface area contributed by atoms with E-state index in [0.717, 1.165) is 6.07 Å². The van der Waals surface area contributed by atoms with Crippen LogP contribution in [0.2, 0.25) is 0 Å². The van der Waals surface area contributed by atoms with Crippen LogP contribution in [0.3, 0.4) is 0 Å². The summed E-state index contributed by atoms with van der Waals surface area (Å²) in [7, 11) is 1.25. The predicted molar refractivity (Wildman–Crippen MR) is 68.5 cm³/mol. The minimum absolute atomic E-state index is 0.144. The number of hydrogen-bond acceptors (Lipinski definition) is 4. The van der Waals surface area contributed by atoms with E-state index in [0.29, 0.717) is 4.47 Å². The van der Waals surface area contributed by atoms with Gasteiger partial charge in [-0.05, 0) is 26.0 Å². The Labute approximate surface area is 113 Å². The molecule has 1 rings (SSSR count). The van der Waals surface area contributed by atoms with Crippen LogP contribution in [-0.4, -0.2) is 18.2 Å². The summed E-state index contributed by atoms with van der Waals surface area (Å²) in [6.45, 7) is 3.14. The molecule has 0 amide bonds. The van der Waals surface area contributed by atoms with E-state index in [-0.39, 0.29) is 5.56 Å². The summed E-state index contributed by atoms with van der Waals surface area (Å²) in [5, 5.41) is 9.73. The Balaban J connectivity index is 3.31. The number of aromatic hydroxyl groups is 1. The second-order valence-electron chi connectivity index (χ2n) is 4.48. The number of hydrogen-bond donors (Lipinski definition) is 2. The maximum atomic E-state index is 13.3. The van der Waals surface area contributed by atoms with Crippen LogP contribution in [0.25, 0.3) is 0 Å². The highest BCUT2D eigenvalue weighted by Crippen LogP contribution is 2.41. The van der Waals surface area contributed by atoms with Crippen LogP contribution in [0, 0.1) is 11.2 Å². The molecule has 0 unspecified atom stereocenters. The number of nitrogens with two attached hydrogens (primary N) is 1. The van der Waals surface area contributed by atoms with E-state index < -0.39 is 29.0 Å². The molecule has 0 aliphatic heterocycles. The minimum Gasteiger partial charge on any atom is -0.505 e. The second kappa shape index (κ2) is 5.24. The van der Waals surface area contributed by atoms with Crippen LogP contribution >= 0.6 is 15.9 Å². The fraction of sp³-hybridized carbons (Fsp3) is 0.417. The Kier molecular flexibility index (Phi) is 4.34. The number of benzene rings is 1. The fourth-order valence-corrected chi connectivity index (χ4v) is 2.17. The van der Waals surface area contributed by atoms with Crippen molar-refractivity contribution in [2.45, 2.75) is 19.9 Å². The lowest BCUT2D eigenvalue weighted by atomic mass is 9.80. The molecule has 1 aromatic carbocycles. The van der Waals surface area contributed by atoms with Gasteiger partial charge >= 0.3 is 5.97 Å². The molecule has 0 saturated carbocycles. The number of rotatable bonds is 3. The van der Waals surface area contributed by atoms with Crippen molar-refractivity contribution in [3.63, 3.8) is 0 Å². The first-order valence-electron chi connectivity index (χ1n) is 5.24. The Morgan fingerprint density at radius 3 is 2.61 bits per heavy atom. The molecule has 0 bridgehead atoms. The standard InChI is InChI=1S/C12H15BrFNO3/c1-12(2,11(17)18-3)10(15)8-6(13)4-5-7(14)9(8)16/h4-5,10,16H,15H2,1-3H3/t10-/m1/s1. The SMILES string of the molecule is COC(=O)C(C)(C)[C@H](N)c1c(Br)ccc(F)c1O. The van der Waals surface area contributed by atoms with Gasteiger partial charge in [-0.15, -0.1) is 0 Å². The summed E-state index contributed by atoms with van der Waals surface area (Å²) in [5.74, 6) is -1.89. The van der Waals surface area contributed by atoms with E-state index in [1.165, 1.54) is 13.2 Å². The Bertz CT molecular complexity index is 477. The third kappa shape index (κ3) is 2.49. The van der Waals surface area contributed by atoms with Crippen LogP contribution in [0.1, 0.15) is 25.5 Å². The summed E-state index contributed by atoms with van der Waals surface area (Å²) in [5.41, 5.74) is 5.01. The molecule has 1 atom stereocenters. The van der Waals surface area contributed by atoms with Gasteiger partial charge in [-0.25, -0.2) is 4.39 Å². The molecule has 0 aliphatic carbocycles.